The number of rotatable bonds is 5. The molecular weight excluding hydrogens is 356 g/mol. The van der Waals surface area contributed by atoms with Crippen molar-refractivity contribution in [3.8, 4) is 0 Å². The standard InChI is InChI=1S/C21H20N4OS/c1-14-12-19-23-24-21(25(19)18-11-7-6-10-17(14)18)27-13-20(26)22-15(2)16-8-4-3-5-9-16/h3-12,15H,13H2,1-2H3,(H,22,26)/t15-/m1/s1. The third-order valence-electron chi connectivity index (χ3n) is 4.58. The van der Waals surface area contributed by atoms with Crippen LogP contribution in [0.15, 0.2) is 65.8 Å². The number of hydrogen-bond donors (Lipinski definition) is 1. The minimum absolute atomic E-state index is 0.0236. The van der Waals surface area contributed by atoms with Crippen molar-refractivity contribution in [2.45, 2.75) is 25.0 Å². The van der Waals surface area contributed by atoms with Crippen LogP contribution in [-0.4, -0.2) is 26.3 Å². The number of hydrogen-bond acceptors (Lipinski definition) is 4. The van der Waals surface area contributed by atoms with Crippen LogP contribution in [0.2, 0.25) is 0 Å². The molecule has 5 nitrogen and oxygen atoms in total. The summed E-state index contributed by atoms with van der Waals surface area (Å²) in [7, 11) is 0. The Morgan fingerprint density at radius 3 is 2.67 bits per heavy atom. The first kappa shape index (κ1) is 17.5. The average molecular weight is 376 g/mol. The van der Waals surface area contributed by atoms with E-state index in [1.807, 2.05) is 59.9 Å². The Labute approximate surface area is 161 Å². The van der Waals surface area contributed by atoms with Gasteiger partial charge in [-0.1, -0.05) is 60.3 Å². The lowest BCUT2D eigenvalue weighted by atomic mass is 10.1. The van der Waals surface area contributed by atoms with Crippen LogP contribution >= 0.6 is 11.8 Å². The summed E-state index contributed by atoms with van der Waals surface area (Å²) in [6, 6.07) is 20.1. The number of thioether (sulfide) groups is 1. The third-order valence-corrected chi connectivity index (χ3v) is 5.51. The molecule has 1 N–H and O–H groups in total. The van der Waals surface area contributed by atoms with Crippen LogP contribution in [0.3, 0.4) is 0 Å². The quantitative estimate of drug-likeness (QED) is 0.531. The fraction of sp³-hybridized carbons (Fsp3) is 0.190. The molecular formula is C21H20N4OS. The van der Waals surface area contributed by atoms with Gasteiger partial charge in [0.25, 0.3) is 0 Å². The molecule has 6 heteroatoms. The number of pyridine rings is 1. The third kappa shape index (κ3) is 3.53. The summed E-state index contributed by atoms with van der Waals surface area (Å²) >= 11 is 1.40. The van der Waals surface area contributed by atoms with Crippen molar-refractivity contribution >= 4 is 34.2 Å². The number of aromatic nitrogens is 3. The molecule has 1 amide bonds. The fourth-order valence-corrected chi connectivity index (χ4v) is 3.97. The number of para-hydroxylation sites is 1. The summed E-state index contributed by atoms with van der Waals surface area (Å²) in [6.45, 7) is 4.06. The molecule has 0 aliphatic carbocycles. The molecule has 2 heterocycles. The van der Waals surface area contributed by atoms with Crippen molar-refractivity contribution in [2.75, 3.05) is 5.75 Å². The van der Waals surface area contributed by atoms with Gasteiger partial charge in [0, 0.05) is 5.39 Å². The zero-order chi connectivity index (χ0) is 18.8. The van der Waals surface area contributed by atoms with Gasteiger partial charge in [-0.2, -0.15) is 0 Å². The van der Waals surface area contributed by atoms with E-state index in [0.29, 0.717) is 5.75 Å². The molecule has 0 saturated heterocycles. The average Bonchev–Trinajstić information content (AvgIpc) is 3.10. The normalized spacial score (nSPS) is 12.4. The van der Waals surface area contributed by atoms with Gasteiger partial charge in [0.2, 0.25) is 5.91 Å². The number of aryl methyl sites for hydroxylation is 1. The number of amides is 1. The summed E-state index contributed by atoms with van der Waals surface area (Å²) in [5, 5.41) is 13.5. The summed E-state index contributed by atoms with van der Waals surface area (Å²) in [5.74, 6) is 0.268. The van der Waals surface area contributed by atoms with Crippen molar-refractivity contribution < 1.29 is 4.79 Å². The Balaban J connectivity index is 1.52. The summed E-state index contributed by atoms with van der Waals surface area (Å²) in [4.78, 5) is 12.4. The van der Waals surface area contributed by atoms with Crippen molar-refractivity contribution in [3.05, 3.63) is 71.8 Å². The van der Waals surface area contributed by atoms with Crippen LogP contribution in [0.4, 0.5) is 0 Å². The van der Waals surface area contributed by atoms with Gasteiger partial charge in [-0.3, -0.25) is 9.20 Å². The highest BCUT2D eigenvalue weighted by atomic mass is 32.2. The molecule has 0 spiro atoms. The molecule has 0 fully saturated rings. The number of fused-ring (bicyclic) bond motifs is 3. The highest BCUT2D eigenvalue weighted by Crippen LogP contribution is 2.25. The number of benzene rings is 2. The number of carbonyl (C=O) groups excluding carboxylic acids is 1. The molecule has 2 aromatic heterocycles. The molecule has 0 aliphatic rings. The Hall–Kier alpha value is -2.86. The predicted molar refractivity (Wildman–Crippen MR) is 109 cm³/mol. The first-order chi connectivity index (χ1) is 13.1. The van der Waals surface area contributed by atoms with Crippen LogP contribution in [0.5, 0.6) is 0 Å². The molecule has 2 aromatic carbocycles. The second kappa shape index (κ2) is 7.40. The topological polar surface area (TPSA) is 59.3 Å². The SMILES string of the molecule is Cc1cc2nnc(SCC(=O)N[C@H](C)c3ccccc3)n2c2ccccc12. The van der Waals surface area contributed by atoms with E-state index < -0.39 is 0 Å². The van der Waals surface area contributed by atoms with Crippen molar-refractivity contribution in [1.82, 2.24) is 19.9 Å². The Morgan fingerprint density at radius 1 is 1.11 bits per heavy atom. The monoisotopic (exact) mass is 376 g/mol. The molecule has 0 bridgehead atoms. The summed E-state index contributed by atoms with van der Waals surface area (Å²) < 4.78 is 2.01. The Morgan fingerprint density at radius 2 is 1.85 bits per heavy atom. The van der Waals surface area contributed by atoms with E-state index in [0.717, 1.165) is 32.8 Å². The zero-order valence-electron chi connectivity index (χ0n) is 15.2. The Bertz CT molecular complexity index is 1110. The van der Waals surface area contributed by atoms with Crippen LogP contribution in [0.25, 0.3) is 16.6 Å². The van der Waals surface area contributed by atoms with Gasteiger partial charge >= 0.3 is 0 Å². The van der Waals surface area contributed by atoms with Crippen molar-refractivity contribution in [2.24, 2.45) is 0 Å². The highest BCUT2D eigenvalue weighted by molar-refractivity contribution is 7.99. The molecule has 27 heavy (non-hydrogen) atoms. The minimum Gasteiger partial charge on any atom is -0.349 e. The van der Waals surface area contributed by atoms with Gasteiger partial charge in [0.1, 0.15) is 0 Å². The van der Waals surface area contributed by atoms with E-state index in [9.17, 15) is 4.79 Å². The van der Waals surface area contributed by atoms with Crippen LogP contribution in [0.1, 0.15) is 24.1 Å². The predicted octanol–water partition coefficient (Wildman–Crippen LogP) is 4.16. The number of nitrogens with one attached hydrogen (secondary N) is 1. The van der Waals surface area contributed by atoms with E-state index >= 15 is 0 Å². The smallest absolute Gasteiger partial charge is 0.230 e. The largest absolute Gasteiger partial charge is 0.349 e. The number of carbonyl (C=O) groups is 1. The molecule has 0 aliphatic heterocycles. The van der Waals surface area contributed by atoms with Crippen molar-refractivity contribution in [1.29, 1.82) is 0 Å². The summed E-state index contributed by atoms with van der Waals surface area (Å²) in [5.41, 5.74) is 4.10. The first-order valence-electron chi connectivity index (χ1n) is 8.84. The van der Waals surface area contributed by atoms with Crippen LogP contribution < -0.4 is 5.32 Å². The summed E-state index contributed by atoms with van der Waals surface area (Å²) in [6.07, 6.45) is 0. The van der Waals surface area contributed by atoms with Crippen LogP contribution in [0, 0.1) is 6.92 Å². The lowest BCUT2D eigenvalue weighted by molar-refractivity contribution is -0.119. The van der Waals surface area contributed by atoms with E-state index in [4.69, 9.17) is 0 Å². The highest BCUT2D eigenvalue weighted by Gasteiger charge is 2.14. The van der Waals surface area contributed by atoms with E-state index in [1.54, 1.807) is 0 Å². The lowest BCUT2D eigenvalue weighted by Gasteiger charge is -2.14. The molecule has 4 aromatic rings. The second-order valence-corrected chi connectivity index (χ2v) is 7.45. The van der Waals surface area contributed by atoms with Gasteiger partial charge in [-0.05, 0) is 37.1 Å². The fourth-order valence-electron chi connectivity index (χ4n) is 3.21. The number of nitrogens with zero attached hydrogens (tertiary/aromatic N) is 3. The molecule has 0 radical (unpaired) electrons. The lowest BCUT2D eigenvalue weighted by Crippen LogP contribution is -2.28. The van der Waals surface area contributed by atoms with Gasteiger partial charge in [-0.25, -0.2) is 0 Å². The maximum Gasteiger partial charge on any atom is 0.230 e. The zero-order valence-corrected chi connectivity index (χ0v) is 16.0. The Kier molecular flexibility index (Phi) is 4.81. The van der Waals surface area contributed by atoms with Crippen LogP contribution in [-0.2, 0) is 4.79 Å². The first-order valence-corrected chi connectivity index (χ1v) is 9.82. The van der Waals surface area contributed by atoms with Crippen molar-refractivity contribution in [3.63, 3.8) is 0 Å². The molecule has 4 rings (SSSR count). The van der Waals surface area contributed by atoms with Gasteiger partial charge in [0.15, 0.2) is 10.8 Å². The molecule has 0 saturated carbocycles. The maximum atomic E-state index is 12.4. The van der Waals surface area contributed by atoms with Gasteiger partial charge in [-0.15, -0.1) is 10.2 Å². The molecule has 136 valence electrons. The molecule has 1 atom stereocenters. The van der Waals surface area contributed by atoms with E-state index in [-0.39, 0.29) is 11.9 Å². The van der Waals surface area contributed by atoms with Gasteiger partial charge in [0.05, 0.1) is 17.3 Å². The maximum absolute atomic E-state index is 12.4. The minimum atomic E-state index is -0.0297. The molecule has 0 unspecified atom stereocenters. The van der Waals surface area contributed by atoms with E-state index in [2.05, 4.69) is 34.6 Å². The second-order valence-electron chi connectivity index (χ2n) is 6.51. The van der Waals surface area contributed by atoms with E-state index in [1.165, 1.54) is 11.8 Å². The van der Waals surface area contributed by atoms with Gasteiger partial charge < -0.3 is 5.32 Å².